The predicted octanol–water partition coefficient (Wildman–Crippen LogP) is 2.14. The van der Waals surface area contributed by atoms with Gasteiger partial charge in [0, 0.05) is 24.2 Å². The van der Waals surface area contributed by atoms with E-state index in [1.54, 1.807) is 0 Å². The number of nitrogens with two attached hydrogens (primary N) is 1. The van der Waals surface area contributed by atoms with Gasteiger partial charge in [0.05, 0.1) is 0 Å². The molecule has 1 aliphatic heterocycles. The smallest absolute Gasteiger partial charge is 0.119 e. The molecule has 0 amide bonds. The molecule has 0 saturated carbocycles. The summed E-state index contributed by atoms with van der Waals surface area (Å²) in [5, 5.41) is 0.736. The van der Waals surface area contributed by atoms with Crippen LogP contribution in [0.2, 0.25) is 5.02 Å². The molecule has 1 aromatic carbocycles. The molecule has 3 nitrogen and oxygen atoms in total. The van der Waals surface area contributed by atoms with Crippen molar-refractivity contribution in [1.29, 1.82) is 0 Å². The summed E-state index contributed by atoms with van der Waals surface area (Å²) in [6, 6.07) is 7.80. The number of hydrogen-bond acceptors (Lipinski definition) is 3. The van der Waals surface area contributed by atoms with Crippen molar-refractivity contribution < 1.29 is 4.74 Å². The Kier molecular flexibility index (Phi) is 4.66. The highest BCUT2D eigenvalue weighted by Crippen LogP contribution is 2.15. The maximum atomic E-state index is 5.93. The first kappa shape index (κ1) is 12.7. The van der Waals surface area contributed by atoms with Crippen LogP contribution in [-0.2, 0) is 0 Å². The zero-order chi connectivity index (χ0) is 12.1. The van der Waals surface area contributed by atoms with Crippen molar-refractivity contribution in [2.75, 3.05) is 26.2 Å². The van der Waals surface area contributed by atoms with Crippen molar-refractivity contribution in [3.05, 3.63) is 29.3 Å². The van der Waals surface area contributed by atoms with Crippen LogP contribution in [0.15, 0.2) is 24.3 Å². The first-order chi connectivity index (χ1) is 8.24. The molecule has 17 heavy (non-hydrogen) atoms. The van der Waals surface area contributed by atoms with E-state index in [-0.39, 0.29) is 0 Å². The van der Waals surface area contributed by atoms with Crippen molar-refractivity contribution in [2.45, 2.75) is 18.9 Å². The predicted molar refractivity (Wildman–Crippen MR) is 70.6 cm³/mol. The number of benzene rings is 1. The Morgan fingerprint density at radius 2 is 2.12 bits per heavy atom. The minimum absolute atomic E-state index is 0.333. The quantitative estimate of drug-likeness (QED) is 0.895. The summed E-state index contributed by atoms with van der Waals surface area (Å²) in [6.45, 7) is 3.77. The fourth-order valence-electron chi connectivity index (χ4n) is 2.12. The Hall–Kier alpha value is -0.770. The van der Waals surface area contributed by atoms with E-state index in [1.807, 2.05) is 24.3 Å². The highest BCUT2D eigenvalue weighted by Gasteiger charge is 2.15. The molecule has 1 unspecified atom stereocenters. The Balaban J connectivity index is 1.70. The molecule has 0 aliphatic carbocycles. The molecule has 1 saturated heterocycles. The third kappa shape index (κ3) is 4.19. The van der Waals surface area contributed by atoms with E-state index in [0.29, 0.717) is 12.6 Å². The van der Waals surface area contributed by atoms with Gasteiger partial charge in [0.25, 0.3) is 0 Å². The minimum Gasteiger partial charge on any atom is -0.492 e. The molecule has 1 aliphatic rings. The molecule has 1 atom stereocenters. The molecular weight excluding hydrogens is 236 g/mol. The zero-order valence-electron chi connectivity index (χ0n) is 9.94. The van der Waals surface area contributed by atoms with Crippen molar-refractivity contribution in [3.63, 3.8) is 0 Å². The van der Waals surface area contributed by atoms with Crippen molar-refractivity contribution in [2.24, 2.45) is 5.73 Å². The van der Waals surface area contributed by atoms with Gasteiger partial charge in [-0.05, 0) is 43.7 Å². The highest BCUT2D eigenvalue weighted by atomic mass is 35.5. The molecule has 0 spiro atoms. The zero-order valence-corrected chi connectivity index (χ0v) is 10.7. The fourth-order valence-corrected chi connectivity index (χ4v) is 2.24. The van der Waals surface area contributed by atoms with Crippen LogP contribution in [0, 0.1) is 0 Å². The number of likely N-dealkylation sites (tertiary alicyclic amines) is 1. The molecule has 94 valence electrons. The van der Waals surface area contributed by atoms with E-state index in [1.165, 1.54) is 6.42 Å². The second-order valence-corrected chi connectivity index (χ2v) is 4.94. The second kappa shape index (κ2) is 6.24. The van der Waals surface area contributed by atoms with E-state index in [0.717, 1.165) is 36.8 Å². The number of piperidine rings is 1. The normalized spacial score (nSPS) is 21.4. The lowest BCUT2D eigenvalue weighted by Crippen LogP contribution is -2.44. The largest absolute Gasteiger partial charge is 0.492 e. The van der Waals surface area contributed by atoms with E-state index in [4.69, 9.17) is 22.1 Å². The first-order valence-corrected chi connectivity index (χ1v) is 6.48. The highest BCUT2D eigenvalue weighted by molar-refractivity contribution is 6.30. The van der Waals surface area contributed by atoms with E-state index < -0.39 is 0 Å². The monoisotopic (exact) mass is 254 g/mol. The average molecular weight is 255 g/mol. The summed E-state index contributed by atoms with van der Waals surface area (Å²) < 4.78 is 5.66. The summed E-state index contributed by atoms with van der Waals surface area (Å²) in [7, 11) is 0. The molecular formula is C13H19ClN2O. The van der Waals surface area contributed by atoms with Crippen LogP contribution in [-0.4, -0.2) is 37.2 Å². The number of rotatable bonds is 4. The standard InChI is InChI=1S/C13H19ClN2O/c14-11-3-5-13(6-4-11)17-9-8-16-7-1-2-12(15)10-16/h3-6,12H,1-2,7-10,15H2. The van der Waals surface area contributed by atoms with Crippen LogP contribution in [0.5, 0.6) is 5.75 Å². The summed E-state index contributed by atoms with van der Waals surface area (Å²) in [5.74, 6) is 0.871. The third-order valence-corrected chi connectivity index (χ3v) is 3.28. The Bertz CT molecular complexity index is 342. The van der Waals surface area contributed by atoms with Gasteiger partial charge in [-0.15, -0.1) is 0 Å². The van der Waals surface area contributed by atoms with Gasteiger partial charge in [0.2, 0.25) is 0 Å². The SMILES string of the molecule is NC1CCCN(CCOc2ccc(Cl)cc2)C1. The topological polar surface area (TPSA) is 38.5 Å². The molecule has 1 fully saturated rings. The van der Waals surface area contributed by atoms with Crippen LogP contribution < -0.4 is 10.5 Å². The van der Waals surface area contributed by atoms with E-state index >= 15 is 0 Å². The van der Waals surface area contributed by atoms with Crippen LogP contribution >= 0.6 is 11.6 Å². The fraction of sp³-hybridized carbons (Fsp3) is 0.538. The lowest BCUT2D eigenvalue weighted by molar-refractivity contribution is 0.171. The summed E-state index contributed by atoms with van der Waals surface area (Å²) in [4.78, 5) is 2.37. The second-order valence-electron chi connectivity index (χ2n) is 4.51. The van der Waals surface area contributed by atoms with E-state index in [2.05, 4.69) is 4.90 Å². The molecule has 1 heterocycles. The van der Waals surface area contributed by atoms with Gasteiger partial charge in [-0.25, -0.2) is 0 Å². The van der Waals surface area contributed by atoms with Gasteiger partial charge in [-0.2, -0.15) is 0 Å². The maximum absolute atomic E-state index is 5.93. The molecule has 2 N–H and O–H groups in total. The van der Waals surface area contributed by atoms with Crippen LogP contribution in [0.25, 0.3) is 0 Å². The molecule has 0 bridgehead atoms. The molecule has 0 aromatic heterocycles. The lowest BCUT2D eigenvalue weighted by atomic mass is 10.1. The van der Waals surface area contributed by atoms with Crippen LogP contribution in [0.3, 0.4) is 0 Å². The number of nitrogens with zero attached hydrogens (tertiary/aromatic N) is 1. The summed E-state index contributed by atoms with van der Waals surface area (Å²) in [5.41, 5.74) is 5.93. The van der Waals surface area contributed by atoms with Crippen molar-refractivity contribution in [3.8, 4) is 5.75 Å². The van der Waals surface area contributed by atoms with Gasteiger partial charge < -0.3 is 10.5 Å². The number of hydrogen-bond donors (Lipinski definition) is 1. The minimum atomic E-state index is 0.333. The summed E-state index contributed by atoms with van der Waals surface area (Å²) >= 11 is 5.81. The molecule has 2 rings (SSSR count). The molecule has 1 aromatic rings. The van der Waals surface area contributed by atoms with Gasteiger partial charge in [0.15, 0.2) is 0 Å². The Morgan fingerprint density at radius 1 is 1.35 bits per heavy atom. The van der Waals surface area contributed by atoms with Crippen LogP contribution in [0.4, 0.5) is 0 Å². The Labute approximate surface area is 107 Å². The van der Waals surface area contributed by atoms with Crippen LogP contribution in [0.1, 0.15) is 12.8 Å². The van der Waals surface area contributed by atoms with E-state index in [9.17, 15) is 0 Å². The number of ether oxygens (including phenoxy) is 1. The third-order valence-electron chi connectivity index (χ3n) is 3.03. The van der Waals surface area contributed by atoms with Gasteiger partial charge in [-0.1, -0.05) is 11.6 Å². The number of halogens is 1. The van der Waals surface area contributed by atoms with Crippen molar-refractivity contribution in [1.82, 2.24) is 4.90 Å². The van der Waals surface area contributed by atoms with Gasteiger partial charge in [0.1, 0.15) is 12.4 Å². The van der Waals surface area contributed by atoms with Gasteiger partial charge in [-0.3, -0.25) is 4.90 Å². The van der Waals surface area contributed by atoms with Gasteiger partial charge >= 0.3 is 0 Å². The molecule has 4 heteroatoms. The molecule has 0 radical (unpaired) electrons. The summed E-state index contributed by atoms with van der Waals surface area (Å²) in [6.07, 6.45) is 2.34. The lowest BCUT2D eigenvalue weighted by Gasteiger charge is -2.30. The Morgan fingerprint density at radius 3 is 2.82 bits per heavy atom. The maximum Gasteiger partial charge on any atom is 0.119 e. The first-order valence-electron chi connectivity index (χ1n) is 6.10. The van der Waals surface area contributed by atoms with Crippen molar-refractivity contribution >= 4 is 11.6 Å². The average Bonchev–Trinajstić information content (AvgIpc) is 2.32.